The first-order valence-electron chi connectivity index (χ1n) is 10.4. The van der Waals surface area contributed by atoms with E-state index in [-0.39, 0.29) is 16.5 Å². The summed E-state index contributed by atoms with van der Waals surface area (Å²) in [4.78, 5) is 12.7. The van der Waals surface area contributed by atoms with Crippen molar-refractivity contribution < 1.29 is 13.9 Å². The van der Waals surface area contributed by atoms with E-state index >= 15 is 0 Å². The molecule has 174 valence electrons. The van der Waals surface area contributed by atoms with E-state index in [4.69, 9.17) is 21.1 Å². The van der Waals surface area contributed by atoms with E-state index in [1.807, 2.05) is 25.1 Å². The van der Waals surface area contributed by atoms with Crippen LogP contribution in [0.3, 0.4) is 0 Å². The van der Waals surface area contributed by atoms with Gasteiger partial charge in [0.1, 0.15) is 23.1 Å². The Hall–Kier alpha value is -2.84. The van der Waals surface area contributed by atoms with E-state index in [2.05, 4.69) is 16.1 Å². The van der Waals surface area contributed by atoms with Crippen molar-refractivity contribution in [1.29, 1.82) is 0 Å². The highest BCUT2D eigenvalue weighted by Crippen LogP contribution is 2.51. The molecule has 2 unspecified atom stereocenters. The van der Waals surface area contributed by atoms with Gasteiger partial charge in [0.05, 0.1) is 19.9 Å². The smallest absolute Gasteiger partial charge is 0.274 e. The molecule has 4 rings (SSSR count). The summed E-state index contributed by atoms with van der Waals surface area (Å²) in [5.74, 6) is 1.35. The lowest BCUT2D eigenvalue weighted by Gasteiger charge is -2.20. The fourth-order valence-corrected chi connectivity index (χ4v) is 5.05. The minimum Gasteiger partial charge on any atom is -0.497 e. The fraction of sp³-hybridized carbons (Fsp3) is 0.292. The van der Waals surface area contributed by atoms with Crippen molar-refractivity contribution in [2.24, 2.45) is 7.05 Å². The van der Waals surface area contributed by atoms with E-state index in [0.29, 0.717) is 22.7 Å². The number of aromatic nitrogens is 1. The van der Waals surface area contributed by atoms with Gasteiger partial charge in [-0.2, -0.15) is 0 Å². The van der Waals surface area contributed by atoms with Gasteiger partial charge in [-0.05, 0) is 66.6 Å². The van der Waals surface area contributed by atoms with Crippen LogP contribution in [0.2, 0.25) is 5.02 Å². The largest absolute Gasteiger partial charge is 0.497 e. The molecule has 0 spiro atoms. The number of anilines is 3. The highest BCUT2D eigenvalue weighted by molar-refractivity contribution is 8.01. The third-order valence-corrected chi connectivity index (χ3v) is 7.12. The molecule has 1 aliphatic rings. The fourth-order valence-electron chi connectivity index (χ4n) is 3.67. The van der Waals surface area contributed by atoms with Crippen LogP contribution >= 0.6 is 23.5 Å². The van der Waals surface area contributed by atoms with E-state index in [1.54, 1.807) is 26.3 Å². The summed E-state index contributed by atoms with van der Waals surface area (Å²) in [6.07, 6.45) is 0.988. The topological polar surface area (TPSA) is 64.5 Å². The van der Waals surface area contributed by atoms with Gasteiger partial charge in [-0.15, -0.1) is 0 Å². The van der Waals surface area contributed by atoms with Gasteiger partial charge >= 0.3 is 0 Å². The number of methoxy groups -OCH3 is 2. The number of nitrogens with zero attached hydrogens (tertiary/aromatic N) is 1. The monoisotopic (exact) mass is 489 g/mol. The summed E-state index contributed by atoms with van der Waals surface area (Å²) in [7, 11) is 4.68. The van der Waals surface area contributed by atoms with Crippen LogP contribution in [-0.4, -0.2) is 24.0 Å². The van der Waals surface area contributed by atoms with E-state index in [9.17, 15) is 9.18 Å². The van der Waals surface area contributed by atoms with Crippen LogP contribution in [0.25, 0.3) is 0 Å². The normalized spacial score (nSPS) is 16.9. The second kappa shape index (κ2) is 9.57. The number of nitrogens with one attached hydrogen (secondary N) is 2. The van der Waals surface area contributed by atoms with Gasteiger partial charge in [-0.1, -0.05) is 29.8 Å². The number of rotatable bonds is 8. The number of benzene rings is 2. The number of pyridine rings is 1. The van der Waals surface area contributed by atoms with Crippen molar-refractivity contribution in [3.8, 4) is 11.5 Å². The van der Waals surface area contributed by atoms with E-state index in [0.717, 1.165) is 17.7 Å². The first kappa shape index (κ1) is 23.3. The zero-order chi connectivity index (χ0) is 23.7. The molecule has 9 heteroatoms. The summed E-state index contributed by atoms with van der Waals surface area (Å²) in [6, 6.07) is 12.9. The number of aryl methyl sites for hydroxylation is 1. The zero-order valence-electron chi connectivity index (χ0n) is 18.7. The van der Waals surface area contributed by atoms with Crippen LogP contribution in [0.4, 0.5) is 21.6 Å². The molecule has 0 bridgehead atoms. The minimum atomic E-state index is -0.445. The summed E-state index contributed by atoms with van der Waals surface area (Å²) in [5, 5.41) is 3.30. The molecule has 6 nitrogen and oxygen atoms in total. The Bertz CT molecular complexity index is 1250. The maximum atomic E-state index is 14.5. The average Bonchev–Trinajstić information content (AvgIpc) is 3.59. The molecule has 33 heavy (non-hydrogen) atoms. The van der Waals surface area contributed by atoms with Crippen LogP contribution < -0.4 is 25.1 Å². The Morgan fingerprint density at radius 1 is 1.18 bits per heavy atom. The first-order valence-corrected chi connectivity index (χ1v) is 11.6. The Balaban J connectivity index is 1.62. The van der Waals surface area contributed by atoms with Crippen LogP contribution in [0.1, 0.15) is 23.5 Å². The van der Waals surface area contributed by atoms with E-state index in [1.165, 1.54) is 35.3 Å². The van der Waals surface area contributed by atoms with Crippen LogP contribution in [0.5, 0.6) is 11.5 Å². The summed E-state index contributed by atoms with van der Waals surface area (Å²) >= 11 is 7.81. The Kier molecular flexibility index (Phi) is 6.76. The molecule has 1 aliphatic carbocycles. The van der Waals surface area contributed by atoms with Crippen molar-refractivity contribution in [2.75, 3.05) is 24.3 Å². The summed E-state index contributed by atoms with van der Waals surface area (Å²) in [5.41, 5.74) is 2.28. The molecule has 2 atom stereocenters. The maximum absolute atomic E-state index is 14.5. The van der Waals surface area contributed by atoms with Gasteiger partial charge in [0.2, 0.25) is 0 Å². The predicted octanol–water partition coefficient (Wildman–Crippen LogP) is 5.86. The van der Waals surface area contributed by atoms with Crippen molar-refractivity contribution in [2.45, 2.75) is 24.5 Å². The number of hydrogen-bond donors (Lipinski definition) is 2. The molecule has 2 aromatic carbocycles. The highest BCUT2D eigenvalue weighted by atomic mass is 35.5. The number of halogens is 2. The Labute approximate surface area is 201 Å². The van der Waals surface area contributed by atoms with Gasteiger partial charge in [-0.3, -0.25) is 9.36 Å². The molecule has 0 amide bonds. The van der Waals surface area contributed by atoms with Crippen molar-refractivity contribution in [3.05, 3.63) is 74.8 Å². The number of hydrogen-bond acceptors (Lipinski definition) is 6. The molecular formula is C24H25ClFN3O3S. The molecule has 1 aromatic heterocycles. The molecule has 1 saturated carbocycles. The lowest BCUT2D eigenvalue weighted by Crippen LogP contribution is -2.22. The van der Waals surface area contributed by atoms with Crippen LogP contribution in [-0.2, 0) is 7.05 Å². The summed E-state index contributed by atoms with van der Waals surface area (Å²) < 4.78 is 30.0. The Morgan fingerprint density at radius 2 is 1.97 bits per heavy atom. The quantitative estimate of drug-likeness (QED) is 0.386. The lowest BCUT2D eigenvalue weighted by molar-refractivity contribution is 0.414. The molecule has 3 aromatic rings. The van der Waals surface area contributed by atoms with E-state index < -0.39 is 11.4 Å². The molecule has 1 fully saturated rings. The molecule has 0 radical (unpaired) electrons. The first-order chi connectivity index (χ1) is 15.8. The van der Waals surface area contributed by atoms with Crippen molar-refractivity contribution >= 4 is 40.7 Å². The van der Waals surface area contributed by atoms with Crippen LogP contribution in [0.15, 0.2) is 47.3 Å². The Morgan fingerprint density at radius 3 is 2.67 bits per heavy atom. The predicted molar refractivity (Wildman–Crippen MR) is 133 cm³/mol. The highest BCUT2D eigenvalue weighted by Gasteiger charge is 2.40. The molecule has 0 aliphatic heterocycles. The second-order valence-corrected chi connectivity index (χ2v) is 9.34. The van der Waals surface area contributed by atoms with Gasteiger partial charge in [0, 0.05) is 12.3 Å². The van der Waals surface area contributed by atoms with Crippen molar-refractivity contribution in [1.82, 2.24) is 4.57 Å². The third-order valence-electron chi connectivity index (χ3n) is 5.64. The van der Waals surface area contributed by atoms with Gasteiger partial charge in [-0.25, -0.2) is 4.39 Å². The zero-order valence-corrected chi connectivity index (χ0v) is 20.3. The number of ether oxygens (including phenoxy) is 2. The van der Waals surface area contributed by atoms with Gasteiger partial charge in [0.15, 0.2) is 10.8 Å². The minimum absolute atomic E-state index is 0.0434. The van der Waals surface area contributed by atoms with Crippen LogP contribution in [0, 0.1) is 12.7 Å². The maximum Gasteiger partial charge on any atom is 0.274 e. The average molecular weight is 490 g/mol. The summed E-state index contributed by atoms with van der Waals surface area (Å²) in [6.45, 7) is 1.81. The van der Waals surface area contributed by atoms with Gasteiger partial charge < -0.3 is 19.5 Å². The second-order valence-electron chi connectivity index (χ2n) is 7.92. The molecular weight excluding hydrogens is 465 g/mol. The molecule has 0 saturated heterocycles. The standard InChI is InChI=1S/C24H25ClFN3O3S/c1-13-8-9-18(17(26)10-13)27-23-21(22(32-4)20(25)24(30)29(23)2)28-33-19-12-16(19)14-6-5-7-15(11-14)31-3/h5-11,16,19,27-28H,12H2,1-4H3. The SMILES string of the molecule is COc1cccc(C2CC2SNc2c(OC)c(Cl)c(=O)n(C)c2Nc2ccc(C)cc2F)c1. The molecule has 1 heterocycles. The molecule has 2 N–H and O–H groups in total. The lowest BCUT2D eigenvalue weighted by atomic mass is 10.1. The van der Waals surface area contributed by atoms with Crippen molar-refractivity contribution in [3.63, 3.8) is 0 Å². The van der Waals surface area contributed by atoms with Gasteiger partial charge in [0.25, 0.3) is 5.56 Å². The third kappa shape index (κ3) is 4.77.